The third-order valence-corrected chi connectivity index (χ3v) is 7.14. The number of hydrogen-bond acceptors (Lipinski definition) is 7. The number of aliphatic imine (C=N–C) groups is 1. The van der Waals surface area contributed by atoms with Crippen LogP contribution in [-0.4, -0.2) is 66.4 Å². The molecule has 1 saturated heterocycles. The number of hydrogen-bond donors (Lipinski definition) is 3. The van der Waals surface area contributed by atoms with Gasteiger partial charge in [0.1, 0.15) is 10.3 Å². The fourth-order valence-electron chi connectivity index (χ4n) is 3.89. The Morgan fingerprint density at radius 2 is 1.83 bits per heavy atom. The Labute approximate surface area is 210 Å². The van der Waals surface area contributed by atoms with Gasteiger partial charge in [-0.05, 0) is 36.2 Å². The normalized spacial score (nSPS) is 19.7. The second kappa shape index (κ2) is 12.0. The predicted octanol–water partition coefficient (Wildman–Crippen LogP) is 2.69. The van der Waals surface area contributed by atoms with Crippen molar-refractivity contribution >= 4 is 40.0 Å². The molecule has 35 heavy (non-hydrogen) atoms. The molecule has 4 N–H and O–H groups in total. The van der Waals surface area contributed by atoms with E-state index in [1.807, 2.05) is 54.6 Å². The van der Waals surface area contributed by atoms with Crippen LogP contribution in [0.4, 0.5) is 11.4 Å². The number of nitrogens with zero attached hydrogens (tertiary/aromatic N) is 2. The van der Waals surface area contributed by atoms with Gasteiger partial charge in [-0.2, -0.15) is 0 Å². The lowest BCUT2D eigenvalue weighted by atomic mass is 10.1. The Morgan fingerprint density at radius 3 is 2.51 bits per heavy atom. The number of benzene rings is 2. The summed E-state index contributed by atoms with van der Waals surface area (Å²) in [5.74, 6) is -0.603. The number of nitrogens with two attached hydrogens (primary N) is 1. The van der Waals surface area contributed by atoms with E-state index < -0.39 is 5.25 Å². The summed E-state index contributed by atoms with van der Waals surface area (Å²) in [5.41, 5.74) is 9.46. The molecule has 2 heterocycles. The molecule has 2 aromatic rings. The highest BCUT2D eigenvalue weighted by atomic mass is 32.2. The molecule has 0 radical (unpaired) electrons. The van der Waals surface area contributed by atoms with Crippen LogP contribution in [0, 0.1) is 0 Å². The molecule has 0 aliphatic carbocycles. The van der Waals surface area contributed by atoms with Crippen LogP contribution in [0.2, 0.25) is 0 Å². The third-order valence-electron chi connectivity index (χ3n) is 5.91. The van der Waals surface area contributed by atoms with E-state index in [0.29, 0.717) is 36.2 Å². The van der Waals surface area contributed by atoms with Crippen molar-refractivity contribution in [3.8, 4) is 0 Å². The SMILES string of the molecule is CCc1ccc(NC(=O)[C@H]2SC(=Nc3ccccc3)C(C(=O)NCCN3CCOCC3)=C2N)cc1. The Balaban J connectivity index is 1.50. The van der Waals surface area contributed by atoms with E-state index in [-0.39, 0.29) is 23.1 Å². The van der Waals surface area contributed by atoms with Crippen molar-refractivity contribution in [2.24, 2.45) is 10.7 Å². The first-order valence-electron chi connectivity index (χ1n) is 11.8. The van der Waals surface area contributed by atoms with Crippen LogP contribution >= 0.6 is 11.8 Å². The highest BCUT2D eigenvalue weighted by Gasteiger charge is 2.38. The number of carbonyl (C=O) groups is 2. The molecule has 2 aliphatic heterocycles. The molecule has 0 spiro atoms. The number of morpholine rings is 1. The lowest BCUT2D eigenvalue weighted by molar-refractivity contribution is -0.117. The maximum Gasteiger partial charge on any atom is 0.255 e. The molecule has 2 aromatic carbocycles. The zero-order valence-corrected chi connectivity index (χ0v) is 20.6. The molecule has 0 aromatic heterocycles. The molecule has 1 atom stereocenters. The van der Waals surface area contributed by atoms with E-state index in [1.165, 1.54) is 17.3 Å². The number of ether oxygens (including phenoxy) is 1. The highest BCUT2D eigenvalue weighted by Crippen LogP contribution is 2.35. The van der Waals surface area contributed by atoms with Crippen LogP contribution < -0.4 is 16.4 Å². The number of thioether (sulfide) groups is 1. The van der Waals surface area contributed by atoms with E-state index in [9.17, 15) is 9.59 Å². The van der Waals surface area contributed by atoms with Gasteiger partial charge in [-0.25, -0.2) is 4.99 Å². The molecule has 0 saturated carbocycles. The molecular weight excluding hydrogens is 462 g/mol. The van der Waals surface area contributed by atoms with Crippen molar-refractivity contribution in [2.75, 3.05) is 44.7 Å². The number of carbonyl (C=O) groups excluding carboxylic acids is 2. The zero-order chi connectivity index (χ0) is 24.6. The monoisotopic (exact) mass is 493 g/mol. The minimum atomic E-state index is -0.747. The van der Waals surface area contributed by atoms with Crippen LogP contribution in [0.25, 0.3) is 0 Å². The maximum atomic E-state index is 13.2. The molecule has 0 bridgehead atoms. The quantitative estimate of drug-likeness (QED) is 0.522. The lowest BCUT2D eigenvalue weighted by Gasteiger charge is -2.26. The molecule has 1 fully saturated rings. The van der Waals surface area contributed by atoms with Gasteiger partial charge in [-0.15, -0.1) is 0 Å². The van der Waals surface area contributed by atoms with E-state index in [2.05, 4.69) is 27.4 Å². The van der Waals surface area contributed by atoms with Crippen molar-refractivity contribution < 1.29 is 14.3 Å². The van der Waals surface area contributed by atoms with Crippen LogP contribution in [0.1, 0.15) is 12.5 Å². The zero-order valence-electron chi connectivity index (χ0n) is 19.8. The lowest BCUT2D eigenvalue weighted by Crippen LogP contribution is -2.42. The topological polar surface area (TPSA) is 109 Å². The molecule has 184 valence electrons. The van der Waals surface area contributed by atoms with Crippen LogP contribution in [0.3, 0.4) is 0 Å². The first kappa shape index (κ1) is 25.0. The largest absolute Gasteiger partial charge is 0.400 e. The Kier molecular flexibility index (Phi) is 8.57. The first-order valence-corrected chi connectivity index (χ1v) is 12.7. The van der Waals surface area contributed by atoms with Gasteiger partial charge in [-0.3, -0.25) is 14.5 Å². The standard InChI is InChI=1S/C26H31N5O3S/c1-2-18-8-10-20(11-9-18)29-25(33)23-22(27)21(26(35-23)30-19-6-4-3-5-7-19)24(32)28-12-13-31-14-16-34-17-15-31/h3-11,23H,2,12-17,27H2,1H3,(H,28,32)(H,29,33)/t23-/m0/s1. The van der Waals surface area contributed by atoms with Crippen molar-refractivity contribution in [1.82, 2.24) is 10.2 Å². The van der Waals surface area contributed by atoms with Crippen LogP contribution in [0.15, 0.2) is 70.9 Å². The summed E-state index contributed by atoms with van der Waals surface area (Å²) in [6.45, 7) is 6.37. The van der Waals surface area contributed by atoms with Gasteiger partial charge in [0.05, 0.1) is 24.5 Å². The van der Waals surface area contributed by atoms with Gasteiger partial charge in [-0.1, -0.05) is 49.0 Å². The van der Waals surface area contributed by atoms with E-state index in [1.54, 1.807) is 0 Å². The third kappa shape index (κ3) is 6.50. The summed E-state index contributed by atoms with van der Waals surface area (Å²) in [6, 6.07) is 17.0. The van der Waals surface area contributed by atoms with Crippen LogP contribution in [0.5, 0.6) is 0 Å². The number of aryl methyl sites for hydroxylation is 1. The fourth-order valence-corrected chi connectivity index (χ4v) is 5.01. The molecular formula is C26H31N5O3S. The average molecular weight is 494 g/mol. The average Bonchev–Trinajstić information content (AvgIpc) is 3.21. The predicted molar refractivity (Wildman–Crippen MR) is 141 cm³/mol. The van der Waals surface area contributed by atoms with E-state index >= 15 is 0 Å². The minimum Gasteiger partial charge on any atom is -0.400 e. The molecule has 2 amide bonds. The molecule has 8 nitrogen and oxygen atoms in total. The van der Waals surface area contributed by atoms with Crippen molar-refractivity contribution in [3.63, 3.8) is 0 Å². The highest BCUT2D eigenvalue weighted by molar-refractivity contribution is 8.16. The second-order valence-electron chi connectivity index (χ2n) is 8.33. The summed E-state index contributed by atoms with van der Waals surface area (Å²) in [6.07, 6.45) is 0.922. The summed E-state index contributed by atoms with van der Waals surface area (Å²) >= 11 is 1.20. The fraction of sp³-hybridized carbons (Fsp3) is 0.346. The van der Waals surface area contributed by atoms with E-state index in [4.69, 9.17) is 10.5 Å². The summed E-state index contributed by atoms with van der Waals surface area (Å²) in [7, 11) is 0. The van der Waals surface area contributed by atoms with Gasteiger partial charge in [0, 0.05) is 37.6 Å². The maximum absolute atomic E-state index is 13.2. The summed E-state index contributed by atoms with van der Waals surface area (Å²) in [5, 5.41) is 5.57. The molecule has 9 heteroatoms. The van der Waals surface area contributed by atoms with Crippen molar-refractivity contribution in [3.05, 3.63) is 71.4 Å². The van der Waals surface area contributed by atoms with Gasteiger partial charge in [0.25, 0.3) is 5.91 Å². The van der Waals surface area contributed by atoms with Gasteiger partial charge in [0.2, 0.25) is 5.91 Å². The Hall–Kier alpha value is -3.14. The van der Waals surface area contributed by atoms with Crippen molar-refractivity contribution in [1.29, 1.82) is 0 Å². The number of anilines is 1. The van der Waals surface area contributed by atoms with Gasteiger partial charge in [0.15, 0.2) is 0 Å². The summed E-state index contributed by atoms with van der Waals surface area (Å²) < 4.78 is 5.37. The van der Waals surface area contributed by atoms with Gasteiger partial charge < -0.3 is 21.1 Å². The molecule has 4 rings (SSSR count). The Morgan fingerprint density at radius 1 is 1.11 bits per heavy atom. The second-order valence-corrected chi connectivity index (χ2v) is 9.42. The van der Waals surface area contributed by atoms with Gasteiger partial charge >= 0.3 is 0 Å². The Bertz CT molecular complexity index is 1100. The number of nitrogens with one attached hydrogen (secondary N) is 2. The number of rotatable bonds is 8. The van der Waals surface area contributed by atoms with Crippen LogP contribution in [-0.2, 0) is 20.7 Å². The molecule has 2 aliphatic rings. The van der Waals surface area contributed by atoms with Crippen molar-refractivity contribution in [2.45, 2.75) is 18.6 Å². The number of amides is 2. The summed E-state index contributed by atoms with van der Waals surface area (Å²) in [4.78, 5) is 33.2. The first-order chi connectivity index (χ1) is 17.0. The van der Waals surface area contributed by atoms with E-state index in [0.717, 1.165) is 26.1 Å². The minimum absolute atomic E-state index is 0.219. The number of para-hydroxylation sites is 1. The molecule has 0 unspecified atom stereocenters. The smallest absolute Gasteiger partial charge is 0.255 e.